The zero-order valence-electron chi connectivity index (χ0n) is 13.2. The van der Waals surface area contributed by atoms with Crippen LogP contribution in [0.25, 0.3) is 0 Å². The van der Waals surface area contributed by atoms with Gasteiger partial charge in [-0.05, 0) is 72.8 Å². The number of hydrogen-bond acceptors (Lipinski definition) is 4. The Morgan fingerprint density at radius 2 is 0.846 bits per heavy atom. The van der Waals surface area contributed by atoms with E-state index >= 15 is 0 Å². The molecular weight excluding hydrogens is 349 g/mol. The van der Waals surface area contributed by atoms with Crippen molar-refractivity contribution in [1.82, 2.24) is 0 Å². The molecule has 0 atom stereocenters. The molecule has 0 heterocycles. The molecule has 0 fully saturated rings. The number of ether oxygens (including phenoxy) is 3. The highest BCUT2D eigenvalue weighted by atomic mass is 19.4. The van der Waals surface area contributed by atoms with Crippen molar-refractivity contribution in [3.63, 3.8) is 0 Å². The van der Waals surface area contributed by atoms with Gasteiger partial charge in [-0.25, -0.2) is 0 Å². The fourth-order valence-corrected chi connectivity index (χ4v) is 2.07. The summed E-state index contributed by atoms with van der Waals surface area (Å²) in [6.07, 6.45) is -4.73. The number of hydrogen-bond donors (Lipinski definition) is 1. The van der Waals surface area contributed by atoms with E-state index in [4.69, 9.17) is 9.47 Å². The number of aromatic hydroxyl groups is 1. The molecule has 7 heteroatoms. The first-order chi connectivity index (χ1) is 12.4. The highest BCUT2D eigenvalue weighted by Crippen LogP contribution is 2.29. The molecule has 3 aromatic carbocycles. The van der Waals surface area contributed by atoms with Gasteiger partial charge in [-0.15, -0.1) is 13.2 Å². The molecule has 26 heavy (non-hydrogen) atoms. The summed E-state index contributed by atoms with van der Waals surface area (Å²) in [6.45, 7) is 0. The van der Waals surface area contributed by atoms with E-state index in [9.17, 15) is 18.3 Å². The summed E-state index contributed by atoms with van der Waals surface area (Å²) in [4.78, 5) is 0. The Hall–Kier alpha value is -3.35. The molecule has 0 amide bonds. The Kier molecular flexibility index (Phi) is 4.88. The topological polar surface area (TPSA) is 47.9 Å². The minimum atomic E-state index is -4.73. The third kappa shape index (κ3) is 5.07. The van der Waals surface area contributed by atoms with Crippen LogP contribution in [0.1, 0.15) is 0 Å². The summed E-state index contributed by atoms with van der Waals surface area (Å²) in [5.74, 6) is 1.82. The predicted octanol–water partition coefficient (Wildman–Crippen LogP) is 5.88. The van der Waals surface area contributed by atoms with E-state index in [1.165, 1.54) is 36.4 Å². The molecule has 0 aromatic heterocycles. The molecular formula is C19H13F3O4. The smallest absolute Gasteiger partial charge is 0.508 e. The molecule has 0 radical (unpaired) electrons. The van der Waals surface area contributed by atoms with Crippen molar-refractivity contribution >= 4 is 0 Å². The maximum atomic E-state index is 12.1. The van der Waals surface area contributed by atoms with Crippen molar-refractivity contribution in [2.24, 2.45) is 0 Å². The fourth-order valence-electron chi connectivity index (χ4n) is 2.07. The molecule has 0 spiro atoms. The molecule has 0 saturated carbocycles. The molecule has 0 saturated heterocycles. The first-order valence-electron chi connectivity index (χ1n) is 7.48. The van der Waals surface area contributed by atoms with Crippen molar-refractivity contribution < 1.29 is 32.5 Å². The number of halogens is 3. The molecule has 0 aliphatic carbocycles. The quantitative estimate of drug-likeness (QED) is 0.616. The summed E-state index contributed by atoms with van der Waals surface area (Å²) in [6, 6.07) is 18.1. The van der Waals surface area contributed by atoms with Crippen molar-refractivity contribution in [3.8, 4) is 34.5 Å². The Morgan fingerprint density at radius 1 is 0.538 bits per heavy atom. The van der Waals surface area contributed by atoms with Gasteiger partial charge in [0.15, 0.2) is 0 Å². The Morgan fingerprint density at radius 3 is 1.19 bits per heavy atom. The molecule has 0 aliphatic heterocycles. The van der Waals surface area contributed by atoms with Crippen LogP contribution in [0.3, 0.4) is 0 Å². The molecule has 3 aromatic rings. The summed E-state index contributed by atoms with van der Waals surface area (Å²) >= 11 is 0. The van der Waals surface area contributed by atoms with Gasteiger partial charge in [0.2, 0.25) is 0 Å². The maximum absolute atomic E-state index is 12.1. The van der Waals surface area contributed by atoms with Gasteiger partial charge in [-0.2, -0.15) is 0 Å². The predicted molar refractivity (Wildman–Crippen MR) is 87.8 cm³/mol. The largest absolute Gasteiger partial charge is 0.573 e. The molecule has 0 aliphatic rings. The van der Waals surface area contributed by atoms with Gasteiger partial charge in [0, 0.05) is 0 Å². The van der Waals surface area contributed by atoms with E-state index in [1.807, 2.05) is 0 Å². The van der Waals surface area contributed by atoms with Gasteiger partial charge in [0.05, 0.1) is 0 Å². The lowest BCUT2D eigenvalue weighted by Crippen LogP contribution is -2.16. The van der Waals surface area contributed by atoms with Crippen LogP contribution in [-0.4, -0.2) is 11.5 Å². The van der Waals surface area contributed by atoms with Gasteiger partial charge >= 0.3 is 6.36 Å². The molecule has 3 rings (SSSR count). The standard InChI is InChI=1S/C19H13F3O4/c20-19(21,22)26-18-11-9-17(10-12-18)25-16-7-5-15(6-8-16)24-14-3-1-13(23)2-4-14/h1-12,23H. The maximum Gasteiger partial charge on any atom is 0.573 e. The first kappa shape index (κ1) is 17.5. The van der Waals surface area contributed by atoms with Crippen LogP contribution in [-0.2, 0) is 0 Å². The second-order valence-electron chi connectivity index (χ2n) is 5.19. The first-order valence-corrected chi connectivity index (χ1v) is 7.48. The van der Waals surface area contributed by atoms with E-state index in [2.05, 4.69) is 4.74 Å². The monoisotopic (exact) mass is 362 g/mol. The second-order valence-corrected chi connectivity index (χ2v) is 5.19. The van der Waals surface area contributed by atoms with Gasteiger partial charge in [0.25, 0.3) is 0 Å². The van der Waals surface area contributed by atoms with E-state index in [0.717, 1.165) is 0 Å². The third-order valence-corrected chi connectivity index (χ3v) is 3.19. The molecule has 0 bridgehead atoms. The van der Waals surface area contributed by atoms with Crippen molar-refractivity contribution in [2.75, 3.05) is 0 Å². The van der Waals surface area contributed by atoms with Crippen LogP contribution in [0.15, 0.2) is 72.8 Å². The average molecular weight is 362 g/mol. The molecule has 1 N–H and O–H groups in total. The van der Waals surface area contributed by atoms with E-state index in [1.54, 1.807) is 36.4 Å². The molecule has 0 unspecified atom stereocenters. The van der Waals surface area contributed by atoms with Crippen molar-refractivity contribution in [1.29, 1.82) is 0 Å². The summed E-state index contributed by atoms with van der Waals surface area (Å²) in [5.41, 5.74) is 0. The second kappa shape index (κ2) is 7.26. The van der Waals surface area contributed by atoms with Crippen LogP contribution in [0, 0.1) is 0 Å². The lowest BCUT2D eigenvalue weighted by Gasteiger charge is -2.10. The van der Waals surface area contributed by atoms with Gasteiger partial charge < -0.3 is 19.3 Å². The SMILES string of the molecule is Oc1ccc(Oc2ccc(Oc3ccc(OC(F)(F)F)cc3)cc2)cc1. The zero-order chi connectivity index (χ0) is 18.6. The van der Waals surface area contributed by atoms with Crippen LogP contribution in [0.4, 0.5) is 13.2 Å². The van der Waals surface area contributed by atoms with Crippen molar-refractivity contribution in [2.45, 2.75) is 6.36 Å². The van der Waals surface area contributed by atoms with Gasteiger partial charge in [-0.1, -0.05) is 0 Å². The number of phenolic OH excluding ortho intramolecular Hbond substituents is 1. The summed E-state index contributed by atoms with van der Waals surface area (Å²) in [5, 5.41) is 9.24. The van der Waals surface area contributed by atoms with Crippen LogP contribution < -0.4 is 14.2 Å². The average Bonchev–Trinajstić information content (AvgIpc) is 2.59. The van der Waals surface area contributed by atoms with Crippen LogP contribution >= 0.6 is 0 Å². The minimum Gasteiger partial charge on any atom is -0.508 e. The summed E-state index contributed by atoms with van der Waals surface area (Å²) < 4.78 is 51.3. The number of alkyl halides is 3. The third-order valence-electron chi connectivity index (χ3n) is 3.19. The summed E-state index contributed by atoms with van der Waals surface area (Å²) in [7, 11) is 0. The Labute approximate surface area is 147 Å². The van der Waals surface area contributed by atoms with Crippen LogP contribution in [0.5, 0.6) is 34.5 Å². The minimum absolute atomic E-state index is 0.146. The highest BCUT2D eigenvalue weighted by Gasteiger charge is 2.30. The van der Waals surface area contributed by atoms with Gasteiger partial charge in [0.1, 0.15) is 34.5 Å². The van der Waals surface area contributed by atoms with E-state index < -0.39 is 6.36 Å². The van der Waals surface area contributed by atoms with E-state index in [0.29, 0.717) is 23.0 Å². The zero-order valence-corrected chi connectivity index (χ0v) is 13.2. The number of benzene rings is 3. The number of rotatable bonds is 5. The molecule has 4 nitrogen and oxygen atoms in total. The lowest BCUT2D eigenvalue weighted by atomic mass is 10.3. The van der Waals surface area contributed by atoms with Gasteiger partial charge in [-0.3, -0.25) is 0 Å². The van der Waals surface area contributed by atoms with Crippen molar-refractivity contribution in [3.05, 3.63) is 72.8 Å². The number of phenols is 1. The van der Waals surface area contributed by atoms with E-state index in [-0.39, 0.29) is 11.5 Å². The fraction of sp³-hybridized carbons (Fsp3) is 0.0526. The Balaban J connectivity index is 1.61. The van der Waals surface area contributed by atoms with Crippen LogP contribution in [0.2, 0.25) is 0 Å². The normalized spacial score (nSPS) is 11.0. The highest BCUT2D eigenvalue weighted by molar-refractivity contribution is 5.40. The Bertz CT molecular complexity index is 842. The molecule has 134 valence electrons. The lowest BCUT2D eigenvalue weighted by molar-refractivity contribution is -0.274.